The van der Waals surface area contributed by atoms with Crippen molar-refractivity contribution in [3.05, 3.63) is 47.6 Å². The summed E-state index contributed by atoms with van der Waals surface area (Å²) in [5.74, 6) is 1.62. The quantitative estimate of drug-likeness (QED) is 0.914. The van der Waals surface area contributed by atoms with Crippen molar-refractivity contribution in [1.82, 2.24) is 10.1 Å². The summed E-state index contributed by atoms with van der Waals surface area (Å²) in [7, 11) is 0. The molecule has 1 saturated carbocycles. The number of benzene rings is 1. The molecule has 2 aromatic rings. The van der Waals surface area contributed by atoms with Gasteiger partial charge in [-0.3, -0.25) is 0 Å². The first kappa shape index (κ1) is 12.4. The van der Waals surface area contributed by atoms with Crippen LogP contribution in [-0.4, -0.2) is 10.1 Å². The molecule has 1 aromatic heterocycles. The summed E-state index contributed by atoms with van der Waals surface area (Å²) in [4.78, 5) is 4.54. The molecule has 2 N–H and O–H groups in total. The second-order valence-electron chi connectivity index (χ2n) is 5.67. The van der Waals surface area contributed by atoms with Crippen molar-refractivity contribution in [2.45, 2.75) is 38.1 Å². The van der Waals surface area contributed by atoms with Crippen molar-refractivity contribution < 1.29 is 4.52 Å². The average Bonchev–Trinajstić information content (AvgIpc) is 3.10. The highest BCUT2D eigenvalue weighted by Gasteiger charge is 2.50. The largest absolute Gasteiger partial charge is 0.338 e. The van der Waals surface area contributed by atoms with Gasteiger partial charge in [0.25, 0.3) is 0 Å². The number of aromatic nitrogens is 2. The van der Waals surface area contributed by atoms with Crippen molar-refractivity contribution in [3.8, 4) is 0 Å². The molecule has 0 unspecified atom stereocenters. The fourth-order valence-electron chi connectivity index (χ4n) is 2.37. The molecular weight excluding hydrogens is 238 g/mol. The van der Waals surface area contributed by atoms with E-state index in [2.05, 4.69) is 48.3 Å². The summed E-state index contributed by atoms with van der Waals surface area (Å²) in [6.45, 7) is 4.11. The molecule has 1 aliphatic rings. The van der Waals surface area contributed by atoms with E-state index in [1.54, 1.807) is 0 Å². The molecule has 4 heteroatoms. The Morgan fingerprint density at radius 2 is 1.89 bits per heavy atom. The van der Waals surface area contributed by atoms with E-state index in [1.807, 2.05) is 6.07 Å². The second kappa shape index (κ2) is 4.46. The summed E-state index contributed by atoms with van der Waals surface area (Å²) in [6.07, 6.45) is 2.15. The maximum atomic E-state index is 6.06. The van der Waals surface area contributed by atoms with Crippen LogP contribution in [-0.2, 0) is 5.41 Å². The lowest BCUT2D eigenvalue weighted by Gasteiger charge is -2.11. The van der Waals surface area contributed by atoms with Crippen LogP contribution in [0.25, 0.3) is 0 Å². The highest BCUT2D eigenvalue weighted by molar-refractivity contribution is 5.38. The SMILES string of the molecule is CC(C)[C@@H](N)c1nc(C2(c3ccccc3)CC2)no1. The minimum atomic E-state index is -0.187. The maximum absolute atomic E-state index is 6.06. The highest BCUT2D eigenvalue weighted by atomic mass is 16.5. The Kier molecular flexibility index (Phi) is 2.90. The summed E-state index contributed by atoms with van der Waals surface area (Å²) in [5, 5.41) is 4.16. The zero-order chi connectivity index (χ0) is 13.5. The van der Waals surface area contributed by atoms with Gasteiger partial charge in [-0.25, -0.2) is 0 Å². The van der Waals surface area contributed by atoms with Gasteiger partial charge in [-0.15, -0.1) is 0 Å². The van der Waals surface area contributed by atoms with Crippen molar-refractivity contribution in [1.29, 1.82) is 0 Å². The van der Waals surface area contributed by atoms with Crippen LogP contribution in [0.15, 0.2) is 34.9 Å². The van der Waals surface area contributed by atoms with Crippen LogP contribution in [0.5, 0.6) is 0 Å². The topological polar surface area (TPSA) is 64.9 Å². The third kappa shape index (κ3) is 2.06. The minimum Gasteiger partial charge on any atom is -0.338 e. The van der Waals surface area contributed by atoms with Crippen molar-refractivity contribution in [3.63, 3.8) is 0 Å². The summed E-state index contributed by atoms with van der Waals surface area (Å²) in [5.41, 5.74) is 7.28. The van der Waals surface area contributed by atoms with Gasteiger partial charge in [0.2, 0.25) is 5.89 Å². The monoisotopic (exact) mass is 257 g/mol. The molecular formula is C15H19N3O. The first-order valence-electron chi connectivity index (χ1n) is 6.79. The molecule has 100 valence electrons. The lowest BCUT2D eigenvalue weighted by molar-refractivity contribution is 0.321. The van der Waals surface area contributed by atoms with Gasteiger partial charge < -0.3 is 10.3 Å². The molecule has 0 spiro atoms. The molecule has 19 heavy (non-hydrogen) atoms. The third-order valence-electron chi connectivity index (χ3n) is 3.95. The molecule has 1 aromatic carbocycles. The maximum Gasteiger partial charge on any atom is 0.243 e. The second-order valence-corrected chi connectivity index (χ2v) is 5.67. The van der Waals surface area contributed by atoms with Crippen LogP contribution in [0.4, 0.5) is 0 Å². The molecule has 4 nitrogen and oxygen atoms in total. The molecule has 0 bridgehead atoms. The molecule has 1 heterocycles. The molecule has 0 radical (unpaired) electrons. The third-order valence-corrected chi connectivity index (χ3v) is 3.95. The van der Waals surface area contributed by atoms with E-state index in [-0.39, 0.29) is 11.5 Å². The zero-order valence-corrected chi connectivity index (χ0v) is 11.3. The van der Waals surface area contributed by atoms with Gasteiger partial charge in [-0.2, -0.15) is 4.98 Å². The average molecular weight is 257 g/mol. The van der Waals surface area contributed by atoms with Gasteiger partial charge >= 0.3 is 0 Å². The van der Waals surface area contributed by atoms with Crippen molar-refractivity contribution >= 4 is 0 Å². The molecule has 1 aliphatic carbocycles. The number of rotatable bonds is 4. The molecule has 3 rings (SSSR count). The molecule has 0 aliphatic heterocycles. The van der Waals surface area contributed by atoms with Crippen LogP contribution < -0.4 is 5.73 Å². The first-order valence-corrected chi connectivity index (χ1v) is 6.79. The Morgan fingerprint density at radius 1 is 1.21 bits per heavy atom. The Labute approximate surface area is 113 Å². The van der Waals surface area contributed by atoms with Crippen LogP contribution in [0.1, 0.15) is 50.0 Å². The van der Waals surface area contributed by atoms with E-state index < -0.39 is 0 Å². The van der Waals surface area contributed by atoms with E-state index in [4.69, 9.17) is 10.3 Å². The first-order chi connectivity index (χ1) is 9.13. The van der Waals surface area contributed by atoms with E-state index in [0.717, 1.165) is 18.7 Å². The standard InChI is InChI=1S/C15H19N3O/c1-10(2)12(16)13-17-14(18-19-13)15(8-9-15)11-6-4-3-5-7-11/h3-7,10,12H,8-9,16H2,1-2H3/t12-/m1/s1. The lowest BCUT2D eigenvalue weighted by Crippen LogP contribution is -2.17. The molecule has 0 amide bonds. The van der Waals surface area contributed by atoms with Gasteiger partial charge in [0.15, 0.2) is 5.82 Å². The van der Waals surface area contributed by atoms with Crippen LogP contribution in [0, 0.1) is 5.92 Å². The number of hydrogen-bond donors (Lipinski definition) is 1. The van der Waals surface area contributed by atoms with E-state index in [0.29, 0.717) is 11.8 Å². The van der Waals surface area contributed by atoms with Crippen molar-refractivity contribution in [2.75, 3.05) is 0 Å². The Bertz CT molecular complexity index is 558. The fraction of sp³-hybridized carbons (Fsp3) is 0.467. The molecule has 0 saturated heterocycles. The smallest absolute Gasteiger partial charge is 0.243 e. The lowest BCUT2D eigenvalue weighted by atomic mass is 9.95. The normalized spacial score (nSPS) is 18.5. The Balaban J connectivity index is 1.91. The van der Waals surface area contributed by atoms with E-state index in [9.17, 15) is 0 Å². The van der Waals surface area contributed by atoms with Crippen molar-refractivity contribution in [2.24, 2.45) is 11.7 Å². The number of nitrogens with zero attached hydrogens (tertiary/aromatic N) is 2. The van der Waals surface area contributed by atoms with Gasteiger partial charge in [0.05, 0.1) is 11.5 Å². The predicted molar refractivity (Wildman–Crippen MR) is 72.5 cm³/mol. The van der Waals surface area contributed by atoms with Crippen LogP contribution in [0.3, 0.4) is 0 Å². The summed E-state index contributed by atoms with van der Waals surface area (Å²) >= 11 is 0. The van der Waals surface area contributed by atoms with Gasteiger partial charge in [0.1, 0.15) is 0 Å². The Morgan fingerprint density at radius 3 is 2.47 bits per heavy atom. The number of nitrogens with two attached hydrogens (primary N) is 1. The van der Waals surface area contributed by atoms with E-state index in [1.165, 1.54) is 5.56 Å². The summed E-state index contributed by atoms with van der Waals surface area (Å²) < 4.78 is 5.35. The van der Waals surface area contributed by atoms with Gasteiger partial charge in [-0.1, -0.05) is 49.3 Å². The van der Waals surface area contributed by atoms with E-state index >= 15 is 0 Å². The van der Waals surface area contributed by atoms with Crippen LogP contribution >= 0.6 is 0 Å². The summed E-state index contributed by atoms with van der Waals surface area (Å²) in [6, 6.07) is 10.2. The Hall–Kier alpha value is -1.68. The number of hydrogen-bond acceptors (Lipinski definition) is 4. The zero-order valence-electron chi connectivity index (χ0n) is 11.3. The predicted octanol–water partition coefficient (Wildman–Crippen LogP) is 2.81. The highest BCUT2D eigenvalue weighted by Crippen LogP contribution is 2.52. The minimum absolute atomic E-state index is 0.0420. The molecule has 1 fully saturated rings. The van der Waals surface area contributed by atoms with Crippen LogP contribution in [0.2, 0.25) is 0 Å². The molecule has 1 atom stereocenters. The fourth-order valence-corrected chi connectivity index (χ4v) is 2.37. The van der Waals surface area contributed by atoms with Gasteiger partial charge in [-0.05, 0) is 24.3 Å². The van der Waals surface area contributed by atoms with Gasteiger partial charge in [0, 0.05) is 0 Å².